The predicted octanol–water partition coefficient (Wildman–Crippen LogP) is 2.43. The van der Waals surface area contributed by atoms with E-state index in [0.29, 0.717) is 11.0 Å². The van der Waals surface area contributed by atoms with Crippen LogP contribution in [0.5, 0.6) is 0 Å². The maximum atomic E-state index is 6.13. The van der Waals surface area contributed by atoms with Gasteiger partial charge in [0.15, 0.2) is 5.82 Å². The molecule has 1 heterocycles. The number of aromatic nitrogens is 2. The number of hydrogen-bond donors (Lipinski definition) is 2. The van der Waals surface area contributed by atoms with E-state index < -0.39 is 0 Å². The molecule has 6 heteroatoms. The van der Waals surface area contributed by atoms with E-state index in [1.165, 1.54) is 32.1 Å². The molecule has 0 unspecified atom stereocenters. The summed E-state index contributed by atoms with van der Waals surface area (Å²) in [7, 11) is 2.02. The van der Waals surface area contributed by atoms with Crippen LogP contribution in [0.25, 0.3) is 0 Å². The standard InChI is InChI=1S/C12H20ClN5/c1-18(8-9-5-3-2-4-6-9)11-10(13)7-15-12(16-11)17-14/h7,9H,2-6,8,14H2,1H3,(H,15,16,17). The topological polar surface area (TPSA) is 67.1 Å². The van der Waals surface area contributed by atoms with Crippen LogP contribution in [0, 0.1) is 5.92 Å². The van der Waals surface area contributed by atoms with Gasteiger partial charge < -0.3 is 4.90 Å². The van der Waals surface area contributed by atoms with Crippen molar-refractivity contribution in [2.24, 2.45) is 11.8 Å². The van der Waals surface area contributed by atoms with E-state index in [9.17, 15) is 0 Å². The summed E-state index contributed by atoms with van der Waals surface area (Å²) >= 11 is 6.13. The molecule has 18 heavy (non-hydrogen) atoms. The van der Waals surface area contributed by atoms with Gasteiger partial charge >= 0.3 is 0 Å². The van der Waals surface area contributed by atoms with Gasteiger partial charge in [0, 0.05) is 13.6 Å². The van der Waals surface area contributed by atoms with E-state index in [-0.39, 0.29) is 0 Å². The predicted molar refractivity (Wildman–Crippen MR) is 74.7 cm³/mol. The molecule has 0 bridgehead atoms. The van der Waals surface area contributed by atoms with Gasteiger partial charge in [0.05, 0.1) is 6.20 Å². The third-order valence-corrected chi connectivity index (χ3v) is 3.74. The van der Waals surface area contributed by atoms with E-state index in [1.54, 1.807) is 6.20 Å². The molecule has 5 nitrogen and oxygen atoms in total. The summed E-state index contributed by atoms with van der Waals surface area (Å²) in [4.78, 5) is 10.4. The van der Waals surface area contributed by atoms with Gasteiger partial charge in [0.25, 0.3) is 0 Å². The highest BCUT2D eigenvalue weighted by Crippen LogP contribution is 2.28. The van der Waals surface area contributed by atoms with Crippen LogP contribution in [0.15, 0.2) is 6.20 Å². The van der Waals surface area contributed by atoms with Crippen molar-refractivity contribution >= 4 is 23.4 Å². The van der Waals surface area contributed by atoms with Gasteiger partial charge in [-0.2, -0.15) is 4.98 Å². The summed E-state index contributed by atoms with van der Waals surface area (Å²) in [5, 5.41) is 0.562. The largest absolute Gasteiger partial charge is 0.358 e. The summed E-state index contributed by atoms with van der Waals surface area (Å²) in [6.07, 6.45) is 8.23. The number of nitrogens with one attached hydrogen (secondary N) is 1. The van der Waals surface area contributed by atoms with Crippen LogP contribution in [-0.4, -0.2) is 23.6 Å². The van der Waals surface area contributed by atoms with Crippen LogP contribution in [0.2, 0.25) is 5.02 Å². The van der Waals surface area contributed by atoms with Crippen molar-refractivity contribution in [1.82, 2.24) is 9.97 Å². The molecule has 2 rings (SSSR count). The van der Waals surface area contributed by atoms with Crippen molar-refractivity contribution in [2.45, 2.75) is 32.1 Å². The number of nitrogens with two attached hydrogens (primary N) is 1. The zero-order chi connectivity index (χ0) is 13.0. The van der Waals surface area contributed by atoms with E-state index in [1.807, 2.05) is 7.05 Å². The summed E-state index contributed by atoms with van der Waals surface area (Å²) < 4.78 is 0. The zero-order valence-electron chi connectivity index (χ0n) is 10.7. The zero-order valence-corrected chi connectivity index (χ0v) is 11.5. The monoisotopic (exact) mass is 269 g/mol. The lowest BCUT2D eigenvalue weighted by molar-refractivity contribution is 0.361. The molecular weight excluding hydrogens is 250 g/mol. The van der Waals surface area contributed by atoms with Gasteiger partial charge in [0.1, 0.15) is 5.02 Å². The first-order chi connectivity index (χ1) is 8.70. The fourth-order valence-corrected chi connectivity index (χ4v) is 2.77. The molecule has 0 saturated heterocycles. The molecular formula is C12H20ClN5. The molecule has 0 atom stereocenters. The van der Waals surface area contributed by atoms with E-state index >= 15 is 0 Å². The maximum Gasteiger partial charge on any atom is 0.239 e. The summed E-state index contributed by atoms with van der Waals surface area (Å²) in [6, 6.07) is 0. The summed E-state index contributed by atoms with van der Waals surface area (Å²) in [6.45, 7) is 0.987. The van der Waals surface area contributed by atoms with Gasteiger partial charge in [-0.3, -0.25) is 5.43 Å². The third-order valence-electron chi connectivity index (χ3n) is 3.47. The fourth-order valence-electron chi connectivity index (χ4n) is 2.54. The molecule has 0 aromatic carbocycles. The van der Waals surface area contributed by atoms with Crippen LogP contribution in [0.1, 0.15) is 32.1 Å². The SMILES string of the molecule is CN(CC1CCCCC1)c1nc(NN)ncc1Cl. The minimum absolute atomic E-state index is 0.393. The average molecular weight is 270 g/mol. The van der Waals surface area contributed by atoms with Gasteiger partial charge in [0.2, 0.25) is 5.95 Å². The molecule has 1 saturated carbocycles. The minimum Gasteiger partial charge on any atom is -0.358 e. The highest BCUT2D eigenvalue weighted by molar-refractivity contribution is 6.32. The molecule has 1 aromatic rings. The Labute approximate surface area is 113 Å². The normalized spacial score (nSPS) is 16.6. The Hall–Kier alpha value is -1.07. The Morgan fingerprint density at radius 3 is 2.83 bits per heavy atom. The number of hydrogen-bond acceptors (Lipinski definition) is 5. The Morgan fingerprint density at radius 2 is 2.17 bits per heavy atom. The Bertz CT molecular complexity index is 392. The lowest BCUT2D eigenvalue weighted by Gasteiger charge is -2.28. The molecule has 100 valence electrons. The van der Waals surface area contributed by atoms with Crippen molar-refractivity contribution in [3.8, 4) is 0 Å². The van der Waals surface area contributed by atoms with Gasteiger partial charge in [-0.25, -0.2) is 10.8 Å². The molecule has 3 N–H and O–H groups in total. The van der Waals surface area contributed by atoms with Crippen molar-refractivity contribution in [3.63, 3.8) is 0 Å². The molecule has 1 aliphatic rings. The van der Waals surface area contributed by atoms with Crippen LogP contribution >= 0.6 is 11.6 Å². The average Bonchev–Trinajstić information content (AvgIpc) is 2.40. The van der Waals surface area contributed by atoms with Crippen LogP contribution in [0.3, 0.4) is 0 Å². The van der Waals surface area contributed by atoms with Gasteiger partial charge in [-0.05, 0) is 18.8 Å². The smallest absolute Gasteiger partial charge is 0.239 e. The first-order valence-electron chi connectivity index (χ1n) is 6.41. The molecule has 1 fully saturated rings. The molecule has 0 spiro atoms. The van der Waals surface area contributed by atoms with Crippen molar-refractivity contribution in [1.29, 1.82) is 0 Å². The highest BCUT2D eigenvalue weighted by atomic mass is 35.5. The molecule has 0 radical (unpaired) electrons. The Balaban J connectivity index is 2.04. The number of anilines is 2. The number of rotatable bonds is 4. The Morgan fingerprint density at radius 1 is 1.44 bits per heavy atom. The van der Waals surface area contributed by atoms with Crippen molar-refractivity contribution in [2.75, 3.05) is 23.9 Å². The number of nitrogens with zero attached hydrogens (tertiary/aromatic N) is 3. The number of hydrazine groups is 1. The van der Waals surface area contributed by atoms with Crippen LogP contribution < -0.4 is 16.2 Å². The van der Waals surface area contributed by atoms with Crippen LogP contribution in [-0.2, 0) is 0 Å². The van der Waals surface area contributed by atoms with Crippen LogP contribution in [0.4, 0.5) is 11.8 Å². The molecule has 0 aliphatic heterocycles. The lowest BCUT2D eigenvalue weighted by atomic mass is 9.89. The van der Waals surface area contributed by atoms with E-state index in [0.717, 1.165) is 18.3 Å². The van der Waals surface area contributed by atoms with Gasteiger partial charge in [-0.1, -0.05) is 30.9 Å². The lowest BCUT2D eigenvalue weighted by Crippen LogP contribution is -2.28. The number of nitrogen functional groups attached to an aromatic ring is 1. The minimum atomic E-state index is 0.393. The first-order valence-corrected chi connectivity index (χ1v) is 6.79. The van der Waals surface area contributed by atoms with E-state index in [4.69, 9.17) is 17.4 Å². The molecule has 1 aromatic heterocycles. The fraction of sp³-hybridized carbons (Fsp3) is 0.667. The quantitative estimate of drug-likeness (QED) is 0.649. The summed E-state index contributed by atoms with van der Waals surface area (Å²) in [5.41, 5.74) is 2.45. The third kappa shape index (κ3) is 3.23. The van der Waals surface area contributed by atoms with Crippen molar-refractivity contribution in [3.05, 3.63) is 11.2 Å². The van der Waals surface area contributed by atoms with E-state index in [2.05, 4.69) is 20.3 Å². The number of halogens is 1. The highest BCUT2D eigenvalue weighted by Gasteiger charge is 2.18. The Kier molecular flexibility index (Phi) is 4.60. The summed E-state index contributed by atoms with van der Waals surface area (Å²) in [5.74, 6) is 7.19. The first kappa shape index (κ1) is 13.4. The molecule has 0 amide bonds. The van der Waals surface area contributed by atoms with Crippen molar-refractivity contribution < 1.29 is 0 Å². The second kappa shape index (κ2) is 6.20. The second-order valence-electron chi connectivity index (χ2n) is 4.89. The van der Waals surface area contributed by atoms with Gasteiger partial charge in [-0.15, -0.1) is 0 Å². The molecule has 1 aliphatic carbocycles. The second-order valence-corrected chi connectivity index (χ2v) is 5.30. The maximum absolute atomic E-state index is 6.13.